The highest BCUT2D eigenvalue weighted by Crippen LogP contribution is 2.34. The number of benzene rings is 1. The number of carbonyl (C=O) groups excluding carboxylic acids is 1. The fraction of sp³-hybridized carbons (Fsp3) is 0.0714. The molecule has 0 radical (unpaired) electrons. The summed E-state index contributed by atoms with van der Waals surface area (Å²) in [6.07, 6.45) is -0.622. The smallest absolute Gasteiger partial charge is 0.418 e. The number of rotatable bonds is 3. The Kier molecular flexibility index (Phi) is 3.93. The third-order valence-corrected chi connectivity index (χ3v) is 2.43. The van der Waals surface area contributed by atoms with Gasteiger partial charge < -0.3 is 9.73 Å². The van der Waals surface area contributed by atoms with E-state index in [0.717, 1.165) is 12.1 Å². The van der Waals surface area contributed by atoms with Crippen LogP contribution < -0.4 is 5.32 Å². The molecule has 1 heterocycles. The highest BCUT2D eigenvalue weighted by Gasteiger charge is 2.33. The van der Waals surface area contributed by atoms with Crippen LogP contribution in [-0.4, -0.2) is 5.91 Å². The molecule has 0 atom stereocenters. The second kappa shape index (κ2) is 5.64. The number of nitrogens with one attached hydrogen (secondary N) is 1. The largest absolute Gasteiger partial charge is 0.465 e. The first kappa shape index (κ1) is 13.9. The molecule has 0 bridgehead atoms. The van der Waals surface area contributed by atoms with E-state index in [2.05, 4.69) is 5.32 Å². The molecule has 0 aliphatic rings. The summed E-state index contributed by atoms with van der Waals surface area (Å²) in [6.45, 7) is 0. The van der Waals surface area contributed by atoms with Crippen LogP contribution in [0.2, 0.25) is 0 Å². The summed E-state index contributed by atoms with van der Waals surface area (Å²) >= 11 is 0. The fourth-order valence-corrected chi connectivity index (χ4v) is 1.56. The molecule has 2 rings (SSSR count). The SMILES string of the molecule is O=C(/C=C/c1ccco1)Nc1ccccc1C(F)(F)F. The number of para-hydroxylation sites is 1. The lowest BCUT2D eigenvalue weighted by Crippen LogP contribution is -2.14. The van der Waals surface area contributed by atoms with Gasteiger partial charge in [-0.25, -0.2) is 0 Å². The van der Waals surface area contributed by atoms with Gasteiger partial charge in [0.25, 0.3) is 0 Å². The second-order valence-electron chi connectivity index (χ2n) is 3.88. The molecule has 1 N–H and O–H groups in total. The minimum absolute atomic E-state index is 0.283. The molecule has 0 spiro atoms. The molecule has 0 unspecified atom stereocenters. The summed E-state index contributed by atoms with van der Waals surface area (Å²) in [6, 6.07) is 8.04. The Labute approximate surface area is 112 Å². The van der Waals surface area contributed by atoms with Crippen molar-refractivity contribution in [1.29, 1.82) is 0 Å². The van der Waals surface area contributed by atoms with E-state index in [1.165, 1.54) is 30.5 Å². The van der Waals surface area contributed by atoms with Crippen LogP contribution in [0.3, 0.4) is 0 Å². The zero-order valence-electron chi connectivity index (χ0n) is 10.1. The molecular formula is C14H10F3NO2. The minimum atomic E-state index is -4.52. The number of amides is 1. The summed E-state index contributed by atoms with van der Waals surface area (Å²) < 4.78 is 43.1. The molecule has 1 aromatic heterocycles. The van der Waals surface area contributed by atoms with Gasteiger partial charge in [0, 0.05) is 6.08 Å². The fourth-order valence-electron chi connectivity index (χ4n) is 1.56. The van der Waals surface area contributed by atoms with E-state index in [1.54, 1.807) is 12.1 Å². The maximum Gasteiger partial charge on any atom is 0.418 e. The van der Waals surface area contributed by atoms with Crippen LogP contribution in [0, 0.1) is 0 Å². The Morgan fingerprint density at radius 3 is 2.55 bits per heavy atom. The lowest BCUT2D eigenvalue weighted by Gasteiger charge is -2.12. The van der Waals surface area contributed by atoms with Crippen LogP contribution in [0.25, 0.3) is 6.08 Å². The Bertz CT molecular complexity index is 616. The van der Waals surface area contributed by atoms with Gasteiger partial charge in [0.15, 0.2) is 0 Å². The molecule has 0 aliphatic heterocycles. The van der Waals surface area contributed by atoms with Gasteiger partial charge >= 0.3 is 6.18 Å². The van der Waals surface area contributed by atoms with Crippen molar-refractivity contribution < 1.29 is 22.4 Å². The van der Waals surface area contributed by atoms with Crippen molar-refractivity contribution in [3.05, 3.63) is 60.1 Å². The molecular weight excluding hydrogens is 271 g/mol. The van der Waals surface area contributed by atoms with Crippen molar-refractivity contribution in [3.8, 4) is 0 Å². The van der Waals surface area contributed by atoms with Crippen molar-refractivity contribution in [1.82, 2.24) is 0 Å². The van der Waals surface area contributed by atoms with E-state index in [9.17, 15) is 18.0 Å². The third-order valence-electron chi connectivity index (χ3n) is 2.43. The molecule has 1 amide bonds. The Morgan fingerprint density at radius 2 is 1.90 bits per heavy atom. The zero-order chi connectivity index (χ0) is 14.6. The maximum atomic E-state index is 12.7. The quantitative estimate of drug-likeness (QED) is 0.865. The molecule has 0 saturated heterocycles. The monoisotopic (exact) mass is 281 g/mol. The summed E-state index contributed by atoms with van der Waals surface area (Å²) in [5.41, 5.74) is -1.17. The van der Waals surface area contributed by atoms with E-state index >= 15 is 0 Å². The topological polar surface area (TPSA) is 42.2 Å². The molecule has 20 heavy (non-hydrogen) atoms. The number of hydrogen-bond acceptors (Lipinski definition) is 2. The van der Waals surface area contributed by atoms with Crippen LogP contribution in [0.4, 0.5) is 18.9 Å². The van der Waals surface area contributed by atoms with Crippen molar-refractivity contribution >= 4 is 17.7 Å². The predicted molar refractivity (Wildman–Crippen MR) is 67.8 cm³/mol. The standard InChI is InChI=1S/C14H10F3NO2/c15-14(16,17)11-5-1-2-6-12(11)18-13(19)8-7-10-4-3-9-20-10/h1-9H,(H,18,19)/b8-7+. The highest BCUT2D eigenvalue weighted by molar-refractivity contribution is 6.02. The number of alkyl halides is 3. The van der Waals surface area contributed by atoms with Crippen molar-refractivity contribution in [2.75, 3.05) is 5.32 Å². The number of halogens is 3. The Morgan fingerprint density at radius 1 is 1.15 bits per heavy atom. The molecule has 0 fully saturated rings. The summed E-state index contributed by atoms with van der Waals surface area (Å²) in [7, 11) is 0. The van der Waals surface area contributed by atoms with Crippen LogP contribution >= 0.6 is 0 Å². The average Bonchev–Trinajstić information content (AvgIpc) is 2.89. The van der Waals surface area contributed by atoms with E-state index in [-0.39, 0.29) is 5.69 Å². The van der Waals surface area contributed by atoms with Crippen LogP contribution in [0.5, 0.6) is 0 Å². The first-order valence-electron chi connectivity index (χ1n) is 5.65. The van der Waals surface area contributed by atoms with Crippen molar-refractivity contribution in [3.63, 3.8) is 0 Å². The number of furan rings is 1. The maximum absolute atomic E-state index is 12.7. The molecule has 2 aromatic rings. The third kappa shape index (κ3) is 3.50. The van der Waals surface area contributed by atoms with Crippen LogP contribution in [0.15, 0.2) is 53.2 Å². The first-order chi connectivity index (χ1) is 9.47. The summed E-state index contributed by atoms with van der Waals surface area (Å²) in [5.74, 6) is -0.234. The second-order valence-corrected chi connectivity index (χ2v) is 3.88. The van der Waals surface area contributed by atoms with Gasteiger partial charge in [-0.1, -0.05) is 12.1 Å². The van der Waals surface area contributed by atoms with E-state index in [1.807, 2.05) is 0 Å². The molecule has 6 heteroatoms. The van der Waals surface area contributed by atoms with Gasteiger partial charge in [0.05, 0.1) is 17.5 Å². The molecule has 0 aliphatic carbocycles. The molecule has 104 valence electrons. The normalized spacial score (nSPS) is 11.8. The Hall–Kier alpha value is -2.50. The van der Waals surface area contributed by atoms with Gasteiger partial charge in [0.2, 0.25) is 5.91 Å². The van der Waals surface area contributed by atoms with Gasteiger partial charge in [0.1, 0.15) is 5.76 Å². The predicted octanol–water partition coefficient (Wildman–Crippen LogP) is 3.95. The molecule has 1 aromatic carbocycles. The van der Waals surface area contributed by atoms with Gasteiger partial charge in [-0.05, 0) is 30.3 Å². The van der Waals surface area contributed by atoms with E-state index in [0.29, 0.717) is 5.76 Å². The van der Waals surface area contributed by atoms with Gasteiger partial charge in [-0.15, -0.1) is 0 Å². The molecule has 0 saturated carbocycles. The minimum Gasteiger partial charge on any atom is -0.465 e. The number of carbonyl (C=O) groups is 1. The molecule has 3 nitrogen and oxygen atoms in total. The van der Waals surface area contributed by atoms with E-state index < -0.39 is 17.6 Å². The Balaban J connectivity index is 2.12. The highest BCUT2D eigenvalue weighted by atomic mass is 19.4. The van der Waals surface area contributed by atoms with Crippen molar-refractivity contribution in [2.24, 2.45) is 0 Å². The zero-order valence-corrected chi connectivity index (χ0v) is 10.1. The number of hydrogen-bond donors (Lipinski definition) is 1. The summed E-state index contributed by atoms with van der Waals surface area (Å²) in [4.78, 5) is 11.6. The number of anilines is 1. The lowest BCUT2D eigenvalue weighted by atomic mass is 10.1. The summed E-state index contributed by atoms with van der Waals surface area (Å²) in [5, 5.41) is 2.19. The lowest BCUT2D eigenvalue weighted by molar-refractivity contribution is -0.136. The van der Waals surface area contributed by atoms with Crippen LogP contribution in [0.1, 0.15) is 11.3 Å². The first-order valence-corrected chi connectivity index (χ1v) is 5.65. The van der Waals surface area contributed by atoms with Crippen molar-refractivity contribution in [2.45, 2.75) is 6.18 Å². The van der Waals surface area contributed by atoms with Gasteiger partial charge in [-0.3, -0.25) is 4.79 Å². The van der Waals surface area contributed by atoms with Crippen LogP contribution in [-0.2, 0) is 11.0 Å². The average molecular weight is 281 g/mol. The van der Waals surface area contributed by atoms with Gasteiger partial charge in [-0.2, -0.15) is 13.2 Å². The van der Waals surface area contributed by atoms with E-state index in [4.69, 9.17) is 4.42 Å².